The zero-order valence-electron chi connectivity index (χ0n) is 11.2. The summed E-state index contributed by atoms with van der Waals surface area (Å²) in [5.74, 6) is -1.43. The molecule has 1 amide bonds. The number of carbonyl (C=O) groups is 2. The second kappa shape index (κ2) is 6.33. The van der Waals surface area contributed by atoms with Crippen molar-refractivity contribution >= 4 is 11.9 Å². The van der Waals surface area contributed by atoms with Gasteiger partial charge in [0.25, 0.3) is 0 Å². The molecule has 0 saturated carbocycles. The van der Waals surface area contributed by atoms with E-state index in [0.717, 1.165) is 0 Å². The van der Waals surface area contributed by atoms with Crippen molar-refractivity contribution in [3.05, 3.63) is 35.9 Å². The fraction of sp³-hybridized carbons (Fsp3) is 0.429. The highest BCUT2D eigenvalue weighted by atomic mass is 16.4. The topological polar surface area (TPSA) is 92.4 Å². The van der Waals surface area contributed by atoms with E-state index in [0.29, 0.717) is 12.0 Å². The van der Waals surface area contributed by atoms with Gasteiger partial charge in [0.2, 0.25) is 5.91 Å². The molecule has 1 aromatic carbocycles. The molecule has 1 aromatic rings. The van der Waals surface area contributed by atoms with E-state index in [1.54, 1.807) is 37.3 Å². The molecule has 0 aliphatic rings. The van der Waals surface area contributed by atoms with Crippen molar-refractivity contribution in [1.29, 1.82) is 0 Å². The molecular weight excluding hydrogens is 244 g/mol. The minimum Gasteiger partial charge on any atom is -0.479 e. The van der Waals surface area contributed by atoms with Gasteiger partial charge in [0.1, 0.15) is 0 Å². The molecule has 0 saturated heterocycles. The molecule has 0 heterocycles. The zero-order chi connectivity index (χ0) is 14.5. The highest BCUT2D eigenvalue weighted by Crippen LogP contribution is 2.22. The van der Waals surface area contributed by atoms with E-state index in [2.05, 4.69) is 5.32 Å². The molecule has 19 heavy (non-hydrogen) atoms. The lowest BCUT2D eigenvalue weighted by Crippen LogP contribution is -2.46. The average Bonchev–Trinajstić information content (AvgIpc) is 2.44. The number of carbonyl (C=O) groups excluding carboxylic acids is 1. The van der Waals surface area contributed by atoms with Crippen LogP contribution in [0.25, 0.3) is 0 Å². The van der Waals surface area contributed by atoms with Crippen LogP contribution < -0.4 is 11.1 Å². The number of aliphatic carboxylic acids is 1. The Morgan fingerprint density at radius 3 is 2.37 bits per heavy atom. The van der Waals surface area contributed by atoms with Gasteiger partial charge < -0.3 is 16.2 Å². The Morgan fingerprint density at radius 2 is 1.95 bits per heavy atom. The molecule has 5 nitrogen and oxygen atoms in total. The number of hydrogen-bond acceptors (Lipinski definition) is 3. The predicted molar refractivity (Wildman–Crippen MR) is 72.4 cm³/mol. The standard InChI is InChI=1S/C14H20N2O3/c1-3-14(2,9-15)13(19)16-11(12(17)18)10-7-5-4-6-8-10/h4-8,11H,3,9,15H2,1-2H3,(H,16,19)(H,17,18)/t11-,14?/m0/s1. The Morgan fingerprint density at radius 1 is 1.37 bits per heavy atom. The molecule has 1 rings (SSSR count). The Balaban J connectivity index is 2.93. The Labute approximate surface area is 112 Å². The number of hydrogen-bond donors (Lipinski definition) is 3. The van der Waals surface area contributed by atoms with Gasteiger partial charge in [-0.3, -0.25) is 4.79 Å². The maximum absolute atomic E-state index is 12.2. The van der Waals surface area contributed by atoms with Gasteiger partial charge in [0.15, 0.2) is 6.04 Å². The zero-order valence-corrected chi connectivity index (χ0v) is 11.2. The number of carboxylic acid groups (broad SMARTS) is 1. The first-order valence-electron chi connectivity index (χ1n) is 6.23. The van der Waals surface area contributed by atoms with E-state index in [1.807, 2.05) is 6.92 Å². The fourth-order valence-electron chi connectivity index (χ4n) is 1.64. The van der Waals surface area contributed by atoms with E-state index in [4.69, 9.17) is 5.73 Å². The number of carboxylic acids is 1. The van der Waals surface area contributed by atoms with Gasteiger partial charge in [0, 0.05) is 6.54 Å². The summed E-state index contributed by atoms with van der Waals surface area (Å²) < 4.78 is 0. The number of benzene rings is 1. The van der Waals surface area contributed by atoms with Crippen LogP contribution in [0.2, 0.25) is 0 Å². The van der Waals surface area contributed by atoms with Crippen LogP contribution in [0.15, 0.2) is 30.3 Å². The summed E-state index contributed by atoms with van der Waals surface area (Å²) in [5, 5.41) is 11.8. The van der Waals surface area contributed by atoms with Crippen molar-refractivity contribution < 1.29 is 14.7 Å². The molecule has 104 valence electrons. The summed E-state index contributed by atoms with van der Waals surface area (Å²) in [6.45, 7) is 3.76. The molecule has 0 bridgehead atoms. The second-order valence-electron chi connectivity index (χ2n) is 4.77. The molecule has 0 radical (unpaired) electrons. The van der Waals surface area contributed by atoms with E-state index < -0.39 is 17.4 Å². The first kappa shape index (κ1) is 15.2. The number of nitrogens with one attached hydrogen (secondary N) is 1. The summed E-state index contributed by atoms with van der Waals surface area (Å²) in [4.78, 5) is 23.5. The second-order valence-corrected chi connectivity index (χ2v) is 4.77. The average molecular weight is 264 g/mol. The lowest BCUT2D eigenvalue weighted by Gasteiger charge is -2.27. The van der Waals surface area contributed by atoms with Crippen LogP contribution in [-0.2, 0) is 9.59 Å². The molecule has 0 aromatic heterocycles. The smallest absolute Gasteiger partial charge is 0.330 e. The third kappa shape index (κ3) is 3.54. The number of amides is 1. The van der Waals surface area contributed by atoms with Crippen molar-refractivity contribution in [2.75, 3.05) is 6.54 Å². The minimum atomic E-state index is -1.09. The Bertz CT molecular complexity index is 441. The highest BCUT2D eigenvalue weighted by molar-refractivity contribution is 5.88. The maximum Gasteiger partial charge on any atom is 0.330 e. The highest BCUT2D eigenvalue weighted by Gasteiger charge is 2.33. The third-order valence-corrected chi connectivity index (χ3v) is 3.43. The van der Waals surface area contributed by atoms with Crippen molar-refractivity contribution in [3.8, 4) is 0 Å². The van der Waals surface area contributed by atoms with Crippen molar-refractivity contribution in [2.45, 2.75) is 26.3 Å². The molecule has 0 fully saturated rings. The predicted octanol–water partition coefficient (Wildman–Crippen LogP) is 1.30. The van der Waals surface area contributed by atoms with E-state index >= 15 is 0 Å². The molecule has 0 aliphatic carbocycles. The first-order chi connectivity index (χ1) is 8.94. The van der Waals surface area contributed by atoms with Gasteiger partial charge >= 0.3 is 5.97 Å². The van der Waals surface area contributed by atoms with Crippen molar-refractivity contribution in [2.24, 2.45) is 11.1 Å². The fourth-order valence-corrected chi connectivity index (χ4v) is 1.64. The largest absolute Gasteiger partial charge is 0.479 e. The Hall–Kier alpha value is -1.88. The van der Waals surface area contributed by atoms with E-state index in [-0.39, 0.29) is 12.5 Å². The SMILES string of the molecule is CCC(C)(CN)C(=O)N[C@H](C(=O)O)c1ccccc1. The monoisotopic (exact) mass is 264 g/mol. The van der Waals surface area contributed by atoms with Crippen LogP contribution in [0.4, 0.5) is 0 Å². The summed E-state index contributed by atoms with van der Waals surface area (Å²) in [6, 6.07) is 7.56. The quantitative estimate of drug-likeness (QED) is 0.722. The maximum atomic E-state index is 12.2. The van der Waals surface area contributed by atoms with Crippen LogP contribution >= 0.6 is 0 Å². The lowest BCUT2D eigenvalue weighted by molar-refractivity contribution is -0.143. The van der Waals surface area contributed by atoms with Crippen molar-refractivity contribution in [3.63, 3.8) is 0 Å². The number of rotatable bonds is 6. The van der Waals surface area contributed by atoms with Crippen LogP contribution in [0.5, 0.6) is 0 Å². The molecular formula is C14H20N2O3. The van der Waals surface area contributed by atoms with Gasteiger partial charge in [-0.1, -0.05) is 37.3 Å². The van der Waals surface area contributed by atoms with Crippen LogP contribution in [-0.4, -0.2) is 23.5 Å². The van der Waals surface area contributed by atoms with Crippen LogP contribution in [0, 0.1) is 5.41 Å². The first-order valence-corrected chi connectivity index (χ1v) is 6.23. The summed E-state index contributed by atoms with van der Waals surface area (Å²) in [6.07, 6.45) is 0.552. The lowest BCUT2D eigenvalue weighted by atomic mass is 9.86. The Kier molecular flexibility index (Phi) is 5.06. The summed E-state index contributed by atoms with van der Waals surface area (Å²) in [7, 11) is 0. The summed E-state index contributed by atoms with van der Waals surface area (Å²) in [5.41, 5.74) is 5.39. The van der Waals surface area contributed by atoms with Gasteiger partial charge in [0.05, 0.1) is 5.41 Å². The van der Waals surface area contributed by atoms with Gasteiger partial charge in [-0.05, 0) is 18.9 Å². The minimum absolute atomic E-state index is 0.177. The van der Waals surface area contributed by atoms with Gasteiger partial charge in [-0.25, -0.2) is 4.79 Å². The molecule has 2 atom stereocenters. The molecule has 0 spiro atoms. The molecule has 4 N–H and O–H groups in total. The van der Waals surface area contributed by atoms with Crippen molar-refractivity contribution in [1.82, 2.24) is 5.32 Å². The van der Waals surface area contributed by atoms with Crippen LogP contribution in [0.1, 0.15) is 31.9 Å². The molecule has 0 aliphatic heterocycles. The third-order valence-electron chi connectivity index (χ3n) is 3.43. The van der Waals surface area contributed by atoms with Gasteiger partial charge in [-0.2, -0.15) is 0 Å². The number of nitrogens with two attached hydrogens (primary N) is 1. The van der Waals surface area contributed by atoms with Crippen LogP contribution in [0.3, 0.4) is 0 Å². The van der Waals surface area contributed by atoms with E-state index in [1.165, 1.54) is 0 Å². The summed E-state index contributed by atoms with van der Waals surface area (Å²) >= 11 is 0. The van der Waals surface area contributed by atoms with Gasteiger partial charge in [-0.15, -0.1) is 0 Å². The normalized spacial score (nSPS) is 15.3. The van der Waals surface area contributed by atoms with E-state index in [9.17, 15) is 14.7 Å². The molecule has 5 heteroatoms. The molecule has 1 unspecified atom stereocenters.